The molecule has 9 heteroatoms. The molecule has 1 unspecified atom stereocenters. The first-order valence-electron chi connectivity index (χ1n) is 9.07. The third-order valence-corrected chi connectivity index (χ3v) is 7.29. The SMILES string of the molecule is CN(CC(=O)N1CCCC(C(=O)NC2CC2)C1)S(=O)(=O)c1ccc(Br)cc1. The fourth-order valence-electron chi connectivity index (χ4n) is 3.13. The van der Waals surface area contributed by atoms with Crippen molar-refractivity contribution in [2.75, 3.05) is 26.7 Å². The summed E-state index contributed by atoms with van der Waals surface area (Å²) in [5.74, 6) is -0.482. The molecule has 0 aromatic heterocycles. The number of sulfonamides is 1. The predicted octanol–water partition coefficient (Wildman–Crippen LogP) is 1.59. The molecule has 1 heterocycles. The highest BCUT2D eigenvalue weighted by Crippen LogP contribution is 2.23. The van der Waals surface area contributed by atoms with Crippen molar-refractivity contribution in [2.45, 2.75) is 36.6 Å². The number of rotatable bonds is 6. The normalized spacial score (nSPS) is 20.6. The Bertz CT molecular complexity index is 808. The summed E-state index contributed by atoms with van der Waals surface area (Å²) in [4.78, 5) is 26.6. The van der Waals surface area contributed by atoms with Crippen molar-refractivity contribution < 1.29 is 18.0 Å². The fraction of sp³-hybridized carbons (Fsp3) is 0.556. The number of hydrogen-bond acceptors (Lipinski definition) is 4. The van der Waals surface area contributed by atoms with Gasteiger partial charge >= 0.3 is 0 Å². The summed E-state index contributed by atoms with van der Waals surface area (Å²) in [6.45, 7) is 0.664. The van der Waals surface area contributed by atoms with Crippen LogP contribution in [0.2, 0.25) is 0 Å². The number of amides is 2. The number of piperidine rings is 1. The number of likely N-dealkylation sites (tertiary alicyclic amines) is 1. The molecule has 1 aliphatic carbocycles. The molecule has 1 N–H and O–H groups in total. The van der Waals surface area contributed by atoms with Crippen molar-refractivity contribution in [3.05, 3.63) is 28.7 Å². The molecule has 2 fully saturated rings. The lowest BCUT2D eigenvalue weighted by Gasteiger charge is -2.33. The van der Waals surface area contributed by atoms with Crippen LogP contribution >= 0.6 is 15.9 Å². The molecule has 7 nitrogen and oxygen atoms in total. The maximum atomic E-state index is 12.6. The summed E-state index contributed by atoms with van der Waals surface area (Å²) >= 11 is 3.28. The maximum absolute atomic E-state index is 12.6. The maximum Gasteiger partial charge on any atom is 0.243 e. The van der Waals surface area contributed by atoms with Crippen LogP contribution < -0.4 is 5.32 Å². The van der Waals surface area contributed by atoms with Crippen LogP contribution in [0.1, 0.15) is 25.7 Å². The van der Waals surface area contributed by atoms with E-state index in [0.717, 1.165) is 34.5 Å². The Morgan fingerprint density at radius 1 is 1.22 bits per heavy atom. The molecule has 0 bridgehead atoms. The topological polar surface area (TPSA) is 86.8 Å². The molecule has 3 rings (SSSR count). The molecule has 148 valence electrons. The highest BCUT2D eigenvalue weighted by atomic mass is 79.9. The second kappa shape index (κ2) is 8.28. The van der Waals surface area contributed by atoms with E-state index < -0.39 is 10.0 Å². The predicted molar refractivity (Wildman–Crippen MR) is 104 cm³/mol. The van der Waals surface area contributed by atoms with Gasteiger partial charge in [-0.15, -0.1) is 0 Å². The van der Waals surface area contributed by atoms with Crippen molar-refractivity contribution >= 4 is 37.8 Å². The van der Waals surface area contributed by atoms with Crippen molar-refractivity contribution in [3.8, 4) is 0 Å². The average molecular weight is 458 g/mol. The largest absolute Gasteiger partial charge is 0.353 e. The average Bonchev–Trinajstić information content (AvgIpc) is 3.46. The molecule has 1 atom stereocenters. The lowest BCUT2D eigenvalue weighted by Crippen LogP contribution is -2.48. The first kappa shape index (κ1) is 20.3. The van der Waals surface area contributed by atoms with Crippen LogP contribution in [0.3, 0.4) is 0 Å². The third-order valence-electron chi connectivity index (χ3n) is 4.95. The van der Waals surface area contributed by atoms with E-state index >= 15 is 0 Å². The van der Waals surface area contributed by atoms with Crippen molar-refractivity contribution in [3.63, 3.8) is 0 Å². The van der Waals surface area contributed by atoms with E-state index in [-0.39, 0.29) is 29.2 Å². The second-order valence-corrected chi connectivity index (χ2v) is 10.1. The van der Waals surface area contributed by atoms with Gasteiger partial charge in [-0.2, -0.15) is 4.31 Å². The molecule has 1 saturated carbocycles. The van der Waals surface area contributed by atoms with Gasteiger partial charge in [-0.25, -0.2) is 8.42 Å². The summed E-state index contributed by atoms with van der Waals surface area (Å²) in [7, 11) is -2.34. The van der Waals surface area contributed by atoms with Gasteiger partial charge in [0.25, 0.3) is 0 Å². The Morgan fingerprint density at radius 2 is 1.89 bits per heavy atom. The number of carbonyl (C=O) groups is 2. The van der Waals surface area contributed by atoms with E-state index in [1.807, 2.05) is 0 Å². The Labute approximate surface area is 168 Å². The van der Waals surface area contributed by atoms with Gasteiger partial charge in [0, 0.05) is 30.7 Å². The van der Waals surface area contributed by atoms with E-state index in [2.05, 4.69) is 21.2 Å². The number of nitrogens with zero attached hydrogens (tertiary/aromatic N) is 2. The van der Waals surface area contributed by atoms with Crippen molar-refractivity contribution in [1.82, 2.24) is 14.5 Å². The van der Waals surface area contributed by atoms with E-state index in [1.165, 1.54) is 19.2 Å². The fourth-order valence-corrected chi connectivity index (χ4v) is 4.51. The van der Waals surface area contributed by atoms with Gasteiger partial charge in [0.05, 0.1) is 17.4 Å². The lowest BCUT2D eigenvalue weighted by molar-refractivity contribution is -0.135. The first-order valence-corrected chi connectivity index (χ1v) is 11.3. The number of benzene rings is 1. The zero-order chi connectivity index (χ0) is 19.6. The number of carbonyl (C=O) groups excluding carboxylic acids is 2. The molecule has 1 aromatic rings. The smallest absolute Gasteiger partial charge is 0.243 e. The third kappa shape index (κ3) is 5.08. The minimum absolute atomic E-state index is 0.00541. The lowest BCUT2D eigenvalue weighted by atomic mass is 9.97. The number of nitrogens with one attached hydrogen (secondary N) is 1. The molecule has 2 aliphatic rings. The number of halogens is 1. The Balaban J connectivity index is 1.59. The summed E-state index contributed by atoms with van der Waals surface area (Å²) in [6, 6.07) is 6.59. The number of likely N-dealkylation sites (N-methyl/N-ethyl adjacent to an activating group) is 1. The Kier molecular flexibility index (Phi) is 6.22. The first-order chi connectivity index (χ1) is 12.8. The summed E-state index contributed by atoms with van der Waals surface area (Å²) in [5.41, 5.74) is 0. The van der Waals surface area contributed by atoms with Gasteiger partial charge in [-0.05, 0) is 49.9 Å². The van der Waals surface area contributed by atoms with Crippen LogP contribution in [0, 0.1) is 5.92 Å². The highest BCUT2D eigenvalue weighted by Gasteiger charge is 2.33. The summed E-state index contributed by atoms with van der Waals surface area (Å²) < 4.78 is 27.1. The highest BCUT2D eigenvalue weighted by molar-refractivity contribution is 9.10. The molecule has 27 heavy (non-hydrogen) atoms. The van der Waals surface area contributed by atoms with E-state index in [9.17, 15) is 18.0 Å². The van der Waals surface area contributed by atoms with Gasteiger partial charge in [0.2, 0.25) is 21.8 Å². The standard InChI is InChI=1S/C18H24BrN3O4S/c1-21(27(25,26)16-8-4-14(19)5-9-16)12-17(23)22-10-2-3-13(11-22)18(24)20-15-6-7-15/h4-5,8-9,13,15H,2-3,6-7,10-12H2,1H3,(H,20,24). The van der Waals surface area contributed by atoms with Crippen LogP contribution in [0.15, 0.2) is 33.6 Å². The molecule has 1 saturated heterocycles. The molecular formula is C18H24BrN3O4S. The summed E-state index contributed by atoms with van der Waals surface area (Å²) in [5, 5.41) is 2.99. The molecule has 1 aliphatic heterocycles. The van der Waals surface area contributed by atoms with E-state index in [1.54, 1.807) is 17.0 Å². The number of hydrogen-bond donors (Lipinski definition) is 1. The molecule has 1 aromatic carbocycles. The van der Waals surface area contributed by atoms with E-state index in [0.29, 0.717) is 19.1 Å². The van der Waals surface area contributed by atoms with Gasteiger partial charge in [-0.1, -0.05) is 15.9 Å². The minimum atomic E-state index is -3.74. The molecule has 0 spiro atoms. The van der Waals surface area contributed by atoms with Gasteiger partial charge in [-0.3, -0.25) is 9.59 Å². The van der Waals surface area contributed by atoms with Crippen LogP contribution in [0.4, 0.5) is 0 Å². The van der Waals surface area contributed by atoms with Crippen LogP contribution in [-0.4, -0.2) is 62.2 Å². The zero-order valence-electron chi connectivity index (χ0n) is 15.2. The Morgan fingerprint density at radius 3 is 2.52 bits per heavy atom. The molecule has 2 amide bonds. The minimum Gasteiger partial charge on any atom is -0.353 e. The molecule has 0 radical (unpaired) electrons. The van der Waals surface area contributed by atoms with Gasteiger partial charge < -0.3 is 10.2 Å². The summed E-state index contributed by atoms with van der Waals surface area (Å²) in [6.07, 6.45) is 3.56. The monoisotopic (exact) mass is 457 g/mol. The van der Waals surface area contributed by atoms with E-state index in [4.69, 9.17) is 0 Å². The van der Waals surface area contributed by atoms with Crippen molar-refractivity contribution in [2.24, 2.45) is 5.92 Å². The second-order valence-electron chi connectivity index (χ2n) is 7.18. The van der Waals surface area contributed by atoms with Gasteiger partial charge in [0.15, 0.2) is 0 Å². The van der Waals surface area contributed by atoms with Crippen LogP contribution in [0.5, 0.6) is 0 Å². The van der Waals surface area contributed by atoms with Gasteiger partial charge in [0.1, 0.15) is 0 Å². The van der Waals surface area contributed by atoms with Crippen LogP contribution in [-0.2, 0) is 19.6 Å². The molecular weight excluding hydrogens is 434 g/mol. The zero-order valence-corrected chi connectivity index (χ0v) is 17.6. The Hall–Kier alpha value is -1.45. The van der Waals surface area contributed by atoms with Crippen molar-refractivity contribution in [1.29, 1.82) is 0 Å². The van der Waals surface area contributed by atoms with Crippen LogP contribution in [0.25, 0.3) is 0 Å². The quantitative estimate of drug-likeness (QED) is 0.702.